The molecule has 0 aliphatic rings. The van der Waals surface area contributed by atoms with E-state index < -0.39 is 24.5 Å². The third-order valence-electron chi connectivity index (χ3n) is 3.92. The van der Waals surface area contributed by atoms with Crippen LogP contribution in [0.25, 0.3) is 0 Å². The lowest BCUT2D eigenvalue weighted by molar-refractivity contribution is -0.123. The van der Waals surface area contributed by atoms with Gasteiger partial charge in [-0.15, -0.1) is 0 Å². The number of amides is 2. The van der Waals surface area contributed by atoms with Gasteiger partial charge in [-0.25, -0.2) is 0 Å². The molecule has 2 aromatic rings. The van der Waals surface area contributed by atoms with Crippen LogP contribution in [-0.2, 0) is 0 Å². The first kappa shape index (κ1) is 22.1. The fraction of sp³-hybridized carbons (Fsp3) is 0.300. The molecule has 2 N–H and O–H groups in total. The maximum Gasteiger partial charge on any atom is 0.405 e. The third-order valence-corrected chi connectivity index (χ3v) is 3.92. The summed E-state index contributed by atoms with van der Waals surface area (Å²) in [5, 5.41) is 4.46. The SMILES string of the molecule is CCOc1cc(C(=O)Nc2cc(C(=O)NCC(F)(F)F)ccc2C)ccc1OC. The van der Waals surface area contributed by atoms with Crippen LogP contribution in [0.3, 0.4) is 0 Å². The first-order chi connectivity index (χ1) is 13.6. The summed E-state index contributed by atoms with van der Waals surface area (Å²) in [6, 6.07) is 8.91. The van der Waals surface area contributed by atoms with Crippen molar-refractivity contribution in [2.75, 3.05) is 25.6 Å². The van der Waals surface area contributed by atoms with Crippen molar-refractivity contribution in [2.45, 2.75) is 20.0 Å². The summed E-state index contributed by atoms with van der Waals surface area (Å²) in [7, 11) is 1.48. The summed E-state index contributed by atoms with van der Waals surface area (Å²) >= 11 is 0. The predicted molar refractivity (Wildman–Crippen MR) is 102 cm³/mol. The molecule has 0 fully saturated rings. The molecule has 0 radical (unpaired) electrons. The van der Waals surface area contributed by atoms with Crippen LogP contribution in [0, 0.1) is 6.92 Å². The molecular formula is C20H21F3N2O4. The minimum absolute atomic E-state index is 0.000105. The van der Waals surface area contributed by atoms with E-state index in [4.69, 9.17) is 9.47 Å². The second-order valence-electron chi connectivity index (χ2n) is 6.08. The average Bonchev–Trinajstić information content (AvgIpc) is 2.67. The van der Waals surface area contributed by atoms with Crippen LogP contribution in [-0.4, -0.2) is 38.3 Å². The van der Waals surface area contributed by atoms with Gasteiger partial charge in [0.05, 0.1) is 13.7 Å². The Kier molecular flexibility index (Phi) is 7.08. The van der Waals surface area contributed by atoms with E-state index in [-0.39, 0.29) is 5.56 Å². The highest BCUT2D eigenvalue weighted by molar-refractivity contribution is 6.06. The van der Waals surface area contributed by atoms with Crippen molar-refractivity contribution in [2.24, 2.45) is 0 Å². The Labute approximate surface area is 166 Å². The zero-order valence-electron chi connectivity index (χ0n) is 16.1. The Morgan fingerprint density at radius 1 is 1.00 bits per heavy atom. The van der Waals surface area contributed by atoms with E-state index in [2.05, 4.69) is 5.32 Å². The number of carbonyl (C=O) groups excluding carboxylic acids is 2. The maximum atomic E-state index is 12.6. The zero-order valence-corrected chi connectivity index (χ0v) is 16.1. The Morgan fingerprint density at radius 2 is 1.66 bits per heavy atom. The third kappa shape index (κ3) is 6.13. The van der Waals surface area contributed by atoms with Gasteiger partial charge in [-0.2, -0.15) is 13.2 Å². The van der Waals surface area contributed by atoms with Crippen LogP contribution >= 0.6 is 0 Å². The van der Waals surface area contributed by atoms with E-state index >= 15 is 0 Å². The lowest BCUT2D eigenvalue weighted by atomic mass is 10.1. The highest BCUT2D eigenvalue weighted by Gasteiger charge is 2.28. The molecule has 9 heteroatoms. The number of halogens is 3. The molecule has 0 aliphatic carbocycles. The van der Waals surface area contributed by atoms with Gasteiger partial charge in [0.1, 0.15) is 6.54 Å². The van der Waals surface area contributed by atoms with Gasteiger partial charge in [-0.05, 0) is 49.7 Å². The molecule has 0 aromatic heterocycles. The Morgan fingerprint density at radius 3 is 2.28 bits per heavy atom. The summed E-state index contributed by atoms with van der Waals surface area (Å²) < 4.78 is 47.5. The summed E-state index contributed by atoms with van der Waals surface area (Å²) in [5.74, 6) is -0.479. The molecule has 2 rings (SSSR count). The van der Waals surface area contributed by atoms with Crippen LogP contribution in [0.5, 0.6) is 11.5 Å². The number of rotatable bonds is 7. The van der Waals surface area contributed by atoms with Crippen molar-refractivity contribution in [1.82, 2.24) is 5.32 Å². The number of hydrogen-bond donors (Lipinski definition) is 2. The highest BCUT2D eigenvalue weighted by atomic mass is 19.4. The van der Waals surface area contributed by atoms with Crippen LogP contribution in [0.2, 0.25) is 0 Å². The van der Waals surface area contributed by atoms with Gasteiger partial charge in [-0.1, -0.05) is 6.07 Å². The van der Waals surface area contributed by atoms with Crippen molar-refractivity contribution in [3.05, 3.63) is 53.1 Å². The number of carbonyl (C=O) groups is 2. The minimum Gasteiger partial charge on any atom is -0.493 e. The molecule has 0 atom stereocenters. The standard InChI is InChI=1S/C20H21F3N2O4/c1-4-29-17-10-14(7-8-16(17)28-3)19(27)25-15-9-13(6-5-12(15)2)18(26)24-11-20(21,22)23/h5-10H,4,11H2,1-3H3,(H,24,26)(H,25,27). The number of hydrogen-bond acceptors (Lipinski definition) is 4. The van der Waals surface area contributed by atoms with E-state index in [9.17, 15) is 22.8 Å². The summed E-state index contributed by atoms with van der Waals surface area (Å²) in [4.78, 5) is 24.5. The number of ether oxygens (including phenoxy) is 2. The van der Waals surface area contributed by atoms with E-state index in [0.29, 0.717) is 34.9 Å². The molecular weight excluding hydrogens is 389 g/mol. The van der Waals surface area contributed by atoms with E-state index in [1.807, 2.05) is 0 Å². The number of nitrogens with one attached hydrogen (secondary N) is 2. The molecule has 0 bridgehead atoms. The molecule has 6 nitrogen and oxygen atoms in total. The lowest BCUT2D eigenvalue weighted by Gasteiger charge is -2.13. The van der Waals surface area contributed by atoms with Crippen molar-refractivity contribution in [3.63, 3.8) is 0 Å². The molecule has 2 aromatic carbocycles. The summed E-state index contributed by atoms with van der Waals surface area (Å²) in [5.41, 5.74) is 1.24. The van der Waals surface area contributed by atoms with Gasteiger partial charge in [0.25, 0.3) is 11.8 Å². The molecule has 29 heavy (non-hydrogen) atoms. The topological polar surface area (TPSA) is 76.7 Å². The second-order valence-corrected chi connectivity index (χ2v) is 6.08. The molecule has 2 amide bonds. The van der Waals surface area contributed by atoms with Crippen LogP contribution in [0.4, 0.5) is 18.9 Å². The van der Waals surface area contributed by atoms with Crippen molar-refractivity contribution in [3.8, 4) is 11.5 Å². The van der Waals surface area contributed by atoms with Gasteiger partial charge in [0.15, 0.2) is 11.5 Å². The Bertz CT molecular complexity index is 898. The fourth-order valence-corrected chi connectivity index (χ4v) is 2.46. The van der Waals surface area contributed by atoms with Crippen LogP contribution in [0.1, 0.15) is 33.2 Å². The molecule has 156 valence electrons. The van der Waals surface area contributed by atoms with Crippen molar-refractivity contribution >= 4 is 17.5 Å². The van der Waals surface area contributed by atoms with Gasteiger partial charge in [-0.3, -0.25) is 9.59 Å². The lowest BCUT2D eigenvalue weighted by Crippen LogP contribution is -2.33. The van der Waals surface area contributed by atoms with Gasteiger partial charge >= 0.3 is 6.18 Å². The van der Waals surface area contributed by atoms with E-state index in [1.54, 1.807) is 31.3 Å². The highest BCUT2D eigenvalue weighted by Crippen LogP contribution is 2.28. The van der Waals surface area contributed by atoms with Crippen molar-refractivity contribution < 1.29 is 32.2 Å². The number of aryl methyl sites for hydroxylation is 1. The van der Waals surface area contributed by atoms with Gasteiger partial charge in [0.2, 0.25) is 0 Å². The maximum absolute atomic E-state index is 12.6. The Hall–Kier alpha value is -3.23. The molecule has 0 heterocycles. The Balaban J connectivity index is 2.20. The van der Waals surface area contributed by atoms with Gasteiger partial charge < -0.3 is 20.1 Å². The quantitative estimate of drug-likeness (QED) is 0.725. The number of alkyl halides is 3. The fourth-order valence-electron chi connectivity index (χ4n) is 2.46. The second kappa shape index (κ2) is 9.31. The first-order valence-electron chi connectivity index (χ1n) is 8.72. The molecule has 0 unspecified atom stereocenters. The summed E-state index contributed by atoms with van der Waals surface area (Å²) in [6.07, 6.45) is -4.51. The summed E-state index contributed by atoms with van der Waals surface area (Å²) in [6.45, 7) is 2.45. The first-order valence-corrected chi connectivity index (χ1v) is 8.72. The molecule has 0 saturated carbocycles. The molecule has 0 saturated heterocycles. The molecule has 0 aliphatic heterocycles. The minimum atomic E-state index is -4.51. The average molecular weight is 410 g/mol. The predicted octanol–water partition coefficient (Wildman–Crippen LogP) is 3.95. The van der Waals surface area contributed by atoms with Crippen molar-refractivity contribution in [1.29, 1.82) is 0 Å². The van der Waals surface area contributed by atoms with E-state index in [1.165, 1.54) is 31.4 Å². The monoisotopic (exact) mass is 410 g/mol. The van der Waals surface area contributed by atoms with Crippen LogP contribution in [0.15, 0.2) is 36.4 Å². The number of methoxy groups -OCH3 is 1. The van der Waals surface area contributed by atoms with Crippen LogP contribution < -0.4 is 20.1 Å². The van der Waals surface area contributed by atoms with E-state index in [0.717, 1.165) is 0 Å². The van der Waals surface area contributed by atoms with Gasteiger partial charge in [0, 0.05) is 16.8 Å². The zero-order chi connectivity index (χ0) is 21.6. The normalized spacial score (nSPS) is 11.0. The number of benzene rings is 2. The number of anilines is 1. The molecule has 0 spiro atoms. The largest absolute Gasteiger partial charge is 0.493 e. The smallest absolute Gasteiger partial charge is 0.405 e.